The number of rotatable bonds is 23. The van der Waals surface area contributed by atoms with Crippen LogP contribution in [0.25, 0.3) is 49.2 Å². The lowest BCUT2D eigenvalue weighted by Gasteiger charge is -2.26. The van der Waals surface area contributed by atoms with Crippen LogP contribution in [-0.4, -0.2) is 101 Å². The fraction of sp³-hybridized carbons (Fsp3) is 0.432. The second kappa shape index (κ2) is 19.1. The molecule has 15 heteroatoms. The van der Waals surface area contributed by atoms with Crippen molar-refractivity contribution in [2.24, 2.45) is 0 Å². The number of aliphatic hydroxyl groups excluding tert-OH is 2. The zero-order chi connectivity index (χ0) is 42.4. The third kappa shape index (κ3) is 8.13. The topological polar surface area (TPSA) is 213 Å². The molecule has 0 heterocycles. The predicted octanol–water partition coefficient (Wildman–Crippen LogP) is 4.20. The molecule has 59 heavy (non-hydrogen) atoms. The van der Waals surface area contributed by atoms with Crippen LogP contribution in [0.3, 0.4) is 0 Å². The summed E-state index contributed by atoms with van der Waals surface area (Å²) in [4.78, 5) is 65.6. The molecule has 0 fully saturated rings. The number of phenols is 1. The number of esters is 1. The van der Waals surface area contributed by atoms with Crippen LogP contribution in [-0.2, 0) is 57.7 Å². The number of benzene rings is 5. The third-order valence-electron chi connectivity index (χ3n) is 10.8. The molecule has 4 N–H and O–H groups in total. The number of allylic oxidation sites excluding steroid dienone is 1. The lowest BCUT2D eigenvalue weighted by Crippen LogP contribution is -2.18. The number of fused-ring (bicyclic) bond motifs is 1. The first-order valence-corrected chi connectivity index (χ1v) is 19.5. The summed E-state index contributed by atoms with van der Waals surface area (Å²) in [6, 6.07) is 2.89. The molecule has 0 radical (unpaired) electrons. The number of methoxy groups -OCH3 is 2. The quantitative estimate of drug-likeness (QED) is 0.0239. The van der Waals surface area contributed by atoms with E-state index in [1.807, 2.05) is 0 Å². The maximum absolute atomic E-state index is 15.1. The van der Waals surface area contributed by atoms with E-state index in [2.05, 4.69) is 5.32 Å². The fourth-order valence-electron chi connectivity index (χ4n) is 8.47. The van der Waals surface area contributed by atoms with Gasteiger partial charge in [0.05, 0.1) is 76.5 Å². The van der Waals surface area contributed by atoms with Crippen molar-refractivity contribution in [2.75, 3.05) is 72.3 Å². The van der Waals surface area contributed by atoms with Crippen LogP contribution in [0, 0.1) is 0 Å². The number of carbonyl (C=O) groups is 3. The van der Waals surface area contributed by atoms with Gasteiger partial charge in [0.2, 0.25) is 0 Å². The number of phenolic OH excluding ortho intramolecular Hbond substituents is 1. The number of anilines is 1. The lowest BCUT2D eigenvalue weighted by atomic mass is 9.78. The van der Waals surface area contributed by atoms with Gasteiger partial charge in [-0.25, -0.2) is 0 Å². The summed E-state index contributed by atoms with van der Waals surface area (Å²) in [5, 5.41) is 39.5. The highest BCUT2D eigenvalue weighted by atomic mass is 16.6. The maximum atomic E-state index is 15.1. The lowest BCUT2D eigenvalue weighted by molar-refractivity contribution is -0.146. The van der Waals surface area contributed by atoms with E-state index in [1.165, 1.54) is 20.1 Å². The Labute approximate surface area is 339 Å². The van der Waals surface area contributed by atoms with Gasteiger partial charge in [-0.05, 0) is 83.5 Å². The van der Waals surface area contributed by atoms with E-state index >= 15 is 4.79 Å². The second-order valence-electron chi connectivity index (χ2n) is 14.4. The van der Waals surface area contributed by atoms with Gasteiger partial charge in [0.1, 0.15) is 12.4 Å². The van der Waals surface area contributed by atoms with Crippen molar-refractivity contribution in [1.82, 2.24) is 0 Å². The molecule has 314 valence electrons. The summed E-state index contributed by atoms with van der Waals surface area (Å²) in [6.07, 6.45) is 2.90. The Bertz CT molecular complexity index is 2530. The molecule has 0 aliphatic heterocycles. The molecular formula is C44H49NO14. The summed E-state index contributed by atoms with van der Waals surface area (Å²) < 4.78 is 32.0. The molecule has 0 saturated heterocycles. The van der Waals surface area contributed by atoms with Gasteiger partial charge in [-0.1, -0.05) is 11.6 Å². The Morgan fingerprint density at radius 1 is 0.814 bits per heavy atom. The first-order chi connectivity index (χ1) is 28.6. The molecule has 1 unspecified atom stereocenters. The molecular weight excluding hydrogens is 766 g/mol. The SMILES string of the molecule is COCCOCCC(=O)OCCOCCCc1c2c3c4c(c(OC)c(O)c5c(=O)cc(CO)c(c6c(CO)cc(NCCCOC=O)c(c1=O)c63)c54)C(C(C)=O)C(C)=C2. The van der Waals surface area contributed by atoms with Crippen molar-refractivity contribution in [3.05, 3.63) is 66.0 Å². The van der Waals surface area contributed by atoms with Gasteiger partial charge < -0.3 is 49.1 Å². The molecule has 5 aromatic carbocycles. The summed E-state index contributed by atoms with van der Waals surface area (Å²) >= 11 is 0. The Balaban J connectivity index is 1.55. The zero-order valence-corrected chi connectivity index (χ0v) is 33.6. The van der Waals surface area contributed by atoms with Crippen LogP contribution in [0.5, 0.6) is 11.5 Å². The summed E-state index contributed by atoms with van der Waals surface area (Å²) in [6.45, 7) is 4.28. The van der Waals surface area contributed by atoms with Crippen LogP contribution >= 0.6 is 0 Å². The fourth-order valence-corrected chi connectivity index (χ4v) is 8.47. The Morgan fingerprint density at radius 2 is 1.51 bits per heavy atom. The average molecular weight is 816 g/mol. The molecule has 0 aromatic heterocycles. The van der Waals surface area contributed by atoms with Crippen molar-refractivity contribution < 1.29 is 58.1 Å². The Hall–Kier alpha value is -5.45. The van der Waals surface area contributed by atoms with E-state index in [9.17, 15) is 34.5 Å². The molecule has 1 atom stereocenters. The molecule has 0 spiro atoms. The number of aliphatic hydroxyl groups is 2. The van der Waals surface area contributed by atoms with E-state index in [1.54, 1.807) is 26.2 Å². The van der Waals surface area contributed by atoms with Crippen LogP contribution in [0.2, 0.25) is 0 Å². The molecule has 0 amide bonds. The zero-order valence-electron chi connectivity index (χ0n) is 33.6. The third-order valence-corrected chi connectivity index (χ3v) is 10.8. The van der Waals surface area contributed by atoms with E-state index in [0.29, 0.717) is 99.5 Å². The Morgan fingerprint density at radius 3 is 2.19 bits per heavy atom. The van der Waals surface area contributed by atoms with Crippen molar-refractivity contribution in [3.63, 3.8) is 0 Å². The number of nitrogens with one attached hydrogen (secondary N) is 1. The number of ketones is 1. The molecule has 0 saturated carbocycles. The van der Waals surface area contributed by atoms with Crippen molar-refractivity contribution >= 4 is 73.1 Å². The summed E-state index contributed by atoms with van der Waals surface area (Å²) in [5.41, 5.74) is 1.90. The monoisotopic (exact) mass is 815 g/mol. The Kier molecular flexibility index (Phi) is 14.0. The first kappa shape index (κ1) is 43.1. The minimum Gasteiger partial charge on any atom is -0.504 e. The van der Waals surface area contributed by atoms with E-state index in [-0.39, 0.29) is 84.6 Å². The normalized spacial score (nSPS) is 13.7. The van der Waals surface area contributed by atoms with E-state index < -0.39 is 36.3 Å². The minimum atomic E-state index is -0.956. The summed E-state index contributed by atoms with van der Waals surface area (Å²) in [5.74, 6) is -2.17. The van der Waals surface area contributed by atoms with Crippen LogP contribution in [0.15, 0.2) is 27.3 Å². The van der Waals surface area contributed by atoms with Crippen LogP contribution in [0.4, 0.5) is 5.69 Å². The molecule has 1 aliphatic carbocycles. The minimum absolute atomic E-state index is 0.0325. The van der Waals surface area contributed by atoms with Gasteiger partial charge >= 0.3 is 5.97 Å². The molecule has 0 bridgehead atoms. The first-order valence-electron chi connectivity index (χ1n) is 19.5. The number of carbonyl (C=O) groups excluding carboxylic acids is 3. The molecule has 5 aromatic rings. The number of hydrogen-bond donors (Lipinski definition) is 4. The second-order valence-corrected chi connectivity index (χ2v) is 14.4. The number of ether oxygens (including phenoxy) is 6. The predicted molar refractivity (Wildman–Crippen MR) is 221 cm³/mol. The largest absolute Gasteiger partial charge is 0.504 e. The van der Waals surface area contributed by atoms with E-state index in [0.717, 1.165) is 0 Å². The van der Waals surface area contributed by atoms with Gasteiger partial charge in [0.15, 0.2) is 22.4 Å². The average Bonchev–Trinajstić information content (AvgIpc) is 3.35. The van der Waals surface area contributed by atoms with Crippen molar-refractivity contribution in [3.8, 4) is 11.5 Å². The molecule has 6 rings (SSSR count). The highest BCUT2D eigenvalue weighted by Gasteiger charge is 2.36. The standard InChI is InChI=1S/C44H49NO14/c1-23-17-28-27(7-5-10-56-15-16-59-31(51)8-12-57-14-13-54-3)42(52)36-29(45-9-6-11-58-22-48)18-25(20-46)33-34-26(21-47)19-30(50)37-39(34)40(35(28)38(33)36)41(32(23)24(2)49)44(55-4)43(37)53/h17-19,22,32,45-47,53H,5-16,20-21H2,1-4H3. The van der Waals surface area contributed by atoms with Crippen LogP contribution < -0.4 is 20.9 Å². The number of Topliss-reactive ketones (excluding diaryl/α,β-unsaturated/α-hetero) is 1. The maximum Gasteiger partial charge on any atom is 0.308 e. The summed E-state index contributed by atoms with van der Waals surface area (Å²) in [7, 11) is 2.91. The van der Waals surface area contributed by atoms with Gasteiger partial charge in [-0.15, -0.1) is 0 Å². The van der Waals surface area contributed by atoms with Crippen molar-refractivity contribution in [2.45, 2.75) is 58.7 Å². The number of hydrogen-bond acceptors (Lipinski definition) is 15. The van der Waals surface area contributed by atoms with Gasteiger partial charge in [-0.3, -0.25) is 24.0 Å². The highest BCUT2D eigenvalue weighted by Crippen LogP contribution is 2.55. The smallest absolute Gasteiger partial charge is 0.308 e. The van der Waals surface area contributed by atoms with Gasteiger partial charge in [0, 0.05) is 47.8 Å². The van der Waals surface area contributed by atoms with Gasteiger partial charge in [0.25, 0.3) is 6.47 Å². The molecule has 15 nitrogen and oxygen atoms in total. The number of aromatic hydroxyl groups is 1. The van der Waals surface area contributed by atoms with Crippen molar-refractivity contribution in [1.29, 1.82) is 0 Å². The molecule has 1 aliphatic rings. The highest BCUT2D eigenvalue weighted by molar-refractivity contribution is 6.39. The van der Waals surface area contributed by atoms with E-state index in [4.69, 9.17) is 28.4 Å². The van der Waals surface area contributed by atoms with Crippen LogP contribution in [0.1, 0.15) is 66.8 Å². The van der Waals surface area contributed by atoms with Gasteiger partial charge in [-0.2, -0.15) is 0 Å².